The molecule has 1 amide bonds. The lowest BCUT2D eigenvalue weighted by molar-refractivity contribution is 0.0960. The van der Waals surface area contributed by atoms with Crippen LogP contribution in [-0.4, -0.2) is 34.1 Å². The third-order valence-electron chi connectivity index (χ3n) is 4.49. The molecule has 0 aliphatic rings. The monoisotopic (exact) mass is 414 g/mol. The summed E-state index contributed by atoms with van der Waals surface area (Å²) in [4.78, 5) is 29.7. The summed E-state index contributed by atoms with van der Waals surface area (Å²) in [6.45, 7) is 0. The smallest absolute Gasteiger partial charge is 0.252 e. The van der Waals surface area contributed by atoms with Crippen molar-refractivity contribution >= 4 is 47.1 Å². The minimum Gasteiger partial charge on any atom is -0.355 e. The molecule has 2 aromatic heterocycles. The highest BCUT2D eigenvalue weighted by Crippen LogP contribution is 2.33. The fourth-order valence-electron chi connectivity index (χ4n) is 3.05. The molecule has 0 aliphatic heterocycles. The van der Waals surface area contributed by atoms with Crippen molar-refractivity contribution in [3.63, 3.8) is 0 Å². The molecule has 7 heteroatoms. The Balaban J connectivity index is 1.69. The number of aromatic nitrogens is 3. The molecular weight excluding hydrogens is 396 g/mol. The number of hydrogen-bond donors (Lipinski definition) is 1. The number of benzene rings is 2. The first-order chi connectivity index (χ1) is 14.7. The van der Waals surface area contributed by atoms with Gasteiger partial charge in [-0.15, -0.1) is 0 Å². The number of nitrogens with one attached hydrogen (secondary N) is 1. The molecule has 0 radical (unpaired) electrons. The lowest BCUT2D eigenvalue weighted by Crippen LogP contribution is -2.18. The fourth-order valence-corrected chi connectivity index (χ4v) is 4.03. The van der Waals surface area contributed by atoms with E-state index in [1.807, 2.05) is 66.7 Å². The van der Waals surface area contributed by atoms with Crippen LogP contribution in [0.5, 0.6) is 0 Å². The molecule has 0 saturated carbocycles. The molecule has 0 spiro atoms. The predicted octanol–water partition coefficient (Wildman–Crippen LogP) is 4.15. The van der Waals surface area contributed by atoms with Crippen LogP contribution in [0, 0.1) is 0 Å². The van der Waals surface area contributed by atoms with E-state index in [0.717, 1.165) is 20.9 Å². The average Bonchev–Trinajstić information content (AvgIpc) is 3.15. The number of fused-ring (bicyclic) bond motifs is 1. The first-order valence-electron chi connectivity index (χ1n) is 9.25. The number of carbonyl (C=O) groups is 2. The van der Waals surface area contributed by atoms with E-state index in [1.165, 1.54) is 16.4 Å². The van der Waals surface area contributed by atoms with Gasteiger partial charge >= 0.3 is 0 Å². The normalized spacial score (nSPS) is 11.1. The fraction of sp³-hybridized carbons (Fsp3) is 0.0435. The van der Waals surface area contributed by atoms with Gasteiger partial charge in [-0.2, -0.15) is 5.10 Å². The van der Waals surface area contributed by atoms with E-state index in [4.69, 9.17) is 0 Å². The van der Waals surface area contributed by atoms with E-state index < -0.39 is 0 Å². The van der Waals surface area contributed by atoms with Gasteiger partial charge in [-0.3, -0.25) is 14.6 Å². The zero-order valence-electron chi connectivity index (χ0n) is 16.1. The van der Waals surface area contributed by atoms with Crippen molar-refractivity contribution in [3.8, 4) is 0 Å². The Morgan fingerprint density at radius 2 is 1.90 bits per heavy atom. The summed E-state index contributed by atoms with van der Waals surface area (Å²) in [5.74, 6) is -0.140. The largest absolute Gasteiger partial charge is 0.355 e. The van der Waals surface area contributed by atoms with E-state index in [1.54, 1.807) is 19.3 Å². The SMILES string of the molecule is CNC(=O)c1ccccc1Sc1ccc2c(/C=C/c3ccccn3)nn(C=O)c2c1. The minimum absolute atomic E-state index is 0.140. The van der Waals surface area contributed by atoms with Crippen molar-refractivity contribution < 1.29 is 9.59 Å². The van der Waals surface area contributed by atoms with Crippen molar-refractivity contribution in [1.29, 1.82) is 0 Å². The van der Waals surface area contributed by atoms with E-state index in [0.29, 0.717) is 23.2 Å². The van der Waals surface area contributed by atoms with Gasteiger partial charge in [-0.25, -0.2) is 4.68 Å². The zero-order valence-corrected chi connectivity index (χ0v) is 17.0. The average molecular weight is 414 g/mol. The van der Waals surface area contributed by atoms with Gasteiger partial charge in [0.05, 0.1) is 22.5 Å². The van der Waals surface area contributed by atoms with Crippen molar-refractivity contribution in [2.45, 2.75) is 9.79 Å². The van der Waals surface area contributed by atoms with E-state index in [-0.39, 0.29) is 5.91 Å². The van der Waals surface area contributed by atoms with E-state index >= 15 is 0 Å². The highest BCUT2D eigenvalue weighted by molar-refractivity contribution is 7.99. The summed E-state index contributed by atoms with van der Waals surface area (Å²) in [5.41, 5.74) is 2.80. The number of hydrogen-bond acceptors (Lipinski definition) is 5. The molecule has 1 N–H and O–H groups in total. The summed E-state index contributed by atoms with van der Waals surface area (Å²) in [6.07, 6.45) is 6.12. The molecule has 30 heavy (non-hydrogen) atoms. The van der Waals surface area contributed by atoms with Crippen LogP contribution < -0.4 is 5.32 Å². The van der Waals surface area contributed by atoms with Crippen molar-refractivity contribution in [2.24, 2.45) is 0 Å². The molecule has 0 fully saturated rings. The van der Waals surface area contributed by atoms with Crippen LogP contribution in [0.2, 0.25) is 0 Å². The Morgan fingerprint density at radius 3 is 2.67 bits per heavy atom. The summed E-state index contributed by atoms with van der Waals surface area (Å²) in [6, 6.07) is 18.9. The molecule has 6 nitrogen and oxygen atoms in total. The van der Waals surface area contributed by atoms with Crippen LogP contribution in [0.1, 0.15) is 21.7 Å². The minimum atomic E-state index is -0.140. The van der Waals surface area contributed by atoms with Crippen LogP contribution in [-0.2, 0) is 4.79 Å². The van der Waals surface area contributed by atoms with Crippen molar-refractivity contribution in [1.82, 2.24) is 20.1 Å². The van der Waals surface area contributed by atoms with Crippen LogP contribution in [0.4, 0.5) is 0 Å². The molecular formula is C23H18N4O2S. The van der Waals surface area contributed by atoms with Gasteiger partial charge in [-0.05, 0) is 54.6 Å². The number of pyridine rings is 1. The summed E-state index contributed by atoms with van der Waals surface area (Å²) < 4.78 is 1.32. The Kier molecular flexibility index (Phi) is 5.72. The second-order valence-electron chi connectivity index (χ2n) is 6.38. The molecule has 4 rings (SSSR count). The number of amides is 1. The van der Waals surface area contributed by atoms with Crippen LogP contribution in [0.3, 0.4) is 0 Å². The Labute approximate surface area is 177 Å². The van der Waals surface area contributed by atoms with Crippen LogP contribution in [0.25, 0.3) is 23.1 Å². The molecule has 0 atom stereocenters. The van der Waals surface area contributed by atoms with Gasteiger partial charge in [-0.1, -0.05) is 30.0 Å². The quantitative estimate of drug-likeness (QED) is 0.480. The molecule has 4 aromatic rings. The lowest BCUT2D eigenvalue weighted by atomic mass is 10.2. The predicted molar refractivity (Wildman–Crippen MR) is 119 cm³/mol. The number of carbonyl (C=O) groups excluding carboxylic acids is 2. The van der Waals surface area contributed by atoms with Gasteiger partial charge < -0.3 is 5.32 Å². The molecule has 0 aliphatic carbocycles. The van der Waals surface area contributed by atoms with Gasteiger partial charge in [0.15, 0.2) is 0 Å². The maximum absolute atomic E-state index is 12.1. The number of rotatable bonds is 6. The van der Waals surface area contributed by atoms with E-state index in [9.17, 15) is 9.59 Å². The van der Waals surface area contributed by atoms with Gasteiger partial charge in [0.2, 0.25) is 6.41 Å². The lowest BCUT2D eigenvalue weighted by Gasteiger charge is -2.08. The third-order valence-corrected chi connectivity index (χ3v) is 5.56. The van der Waals surface area contributed by atoms with Crippen LogP contribution >= 0.6 is 11.8 Å². The first-order valence-corrected chi connectivity index (χ1v) is 10.1. The van der Waals surface area contributed by atoms with Crippen molar-refractivity contribution in [3.05, 3.63) is 83.8 Å². The Hall–Kier alpha value is -3.71. The summed E-state index contributed by atoms with van der Waals surface area (Å²) >= 11 is 1.47. The maximum Gasteiger partial charge on any atom is 0.252 e. The van der Waals surface area contributed by atoms with E-state index in [2.05, 4.69) is 15.4 Å². The van der Waals surface area contributed by atoms with Crippen LogP contribution in [0.15, 0.2) is 76.7 Å². The highest BCUT2D eigenvalue weighted by atomic mass is 32.2. The standard InChI is InChI=1S/C23H18N4O2S/c1-24-23(29)19-7-2-3-8-22(19)30-17-10-11-18-20(26-27(15-28)21(18)14-17)12-9-16-6-4-5-13-25-16/h2-15H,1H3,(H,24,29)/b12-9+. The zero-order chi connectivity index (χ0) is 20.9. The van der Waals surface area contributed by atoms with Gasteiger partial charge in [0.25, 0.3) is 5.91 Å². The Bertz CT molecular complexity index is 1250. The van der Waals surface area contributed by atoms with Gasteiger partial charge in [0.1, 0.15) is 0 Å². The highest BCUT2D eigenvalue weighted by Gasteiger charge is 2.13. The Morgan fingerprint density at radius 1 is 1.07 bits per heavy atom. The molecule has 2 heterocycles. The number of nitrogens with zero attached hydrogens (tertiary/aromatic N) is 3. The second kappa shape index (κ2) is 8.75. The topological polar surface area (TPSA) is 76.9 Å². The second-order valence-corrected chi connectivity index (χ2v) is 7.49. The molecule has 148 valence electrons. The molecule has 0 bridgehead atoms. The maximum atomic E-state index is 12.1. The third kappa shape index (κ3) is 4.01. The summed E-state index contributed by atoms with van der Waals surface area (Å²) in [5, 5.41) is 7.91. The van der Waals surface area contributed by atoms with Gasteiger partial charge in [0, 0.05) is 28.4 Å². The summed E-state index contributed by atoms with van der Waals surface area (Å²) in [7, 11) is 1.61. The molecule has 0 unspecified atom stereocenters. The molecule has 2 aromatic carbocycles. The molecule has 0 saturated heterocycles. The first kappa shape index (κ1) is 19.6. The van der Waals surface area contributed by atoms with Crippen molar-refractivity contribution in [2.75, 3.05) is 7.05 Å².